The predicted octanol–water partition coefficient (Wildman–Crippen LogP) is 2.39. The van der Waals surface area contributed by atoms with E-state index >= 15 is 0 Å². The first-order valence-electron chi connectivity index (χ1n) is 9.97. The van der Waals surface area contributed by atoms with E-state index in [9.17, 15) is 8.78 Å². The van der Waals surface area contributed by atoms with Crippen LogP contribution in [-0.4, -0.2) is 67.7 Å². The minimum atomic E-state index is -2.85. The number of morpholine rings is 1. The molecule has 0 unspecified atom stereocenters. The van der Waals surface area contributed by atoms with E-state index in [1.54, 1.807) is 42.3 Å². The third-order valence-corrected chi connectivity index (χ3v) is 5.16. The van der Waals surface area contributed by atoms with Crippen molar-refractivity contribution in [1.29, 1.82) is 0 Å². The molecule has 1 aromatic carbocycles. The molecular weight excluding hydrogens is 422 g/mol. The third kappa shape index (κ3) is 3.51. The van der Waals surface area contributed by atoms with E-state index in [4.69, 9.17) is 9.47 Å². The number of ether oxygens (including phenoxy) is 2. The molecule has 0 atom stereocenters. The number of alkyl halides is 2. The molecule has 12 heteroatoms. The molecule has 4 heterocycles. The van der Waals surface area contributed by atoms with Gasteiger partial charge in [0.05, 0.1) is 37.6 Å². The average molecular weight is 442 g/mol. The SMILES string of the molecule is COc1cccc2c1nc(C(F)F)n2-c1nc(-c2cnn(C)c2)nc(N2CCOCC2)n1. The van der Waals surface area contributed by atoms with Crippen LogP contribution in [0.25, 0.3) is 28.4 Å². The van der Waals surface area contributed by atoms with Gasteiger partial charge in [-0.05, 0) is 12.1 Å². The van der Waals surface area contributed by atoms with Crippen LogP contribution in [0, 0.1) is 0 Å². The molecule has 3 aromatic heterocycles. The number of aromatic nitrogens is 7. The van der Waals surface area contributed by atoms with E-state index in [0.29, 0.717) is 60.4 Å². The van der Waals surface area contributed by atoms with Gasteiger partial charge in [0.15, 0.2) is 11.6 Å². The highest BCUT2D eigenvalue weighted by Gasteiger charge is 2.26. The van der Waals surface area contributed by atoms with Gasteiger partial charge in [-0.2, -0.15) is 20.1 Å². The lowest BCUT2D eigenvalue weighted by atomic mass is 10.3. The smallest absolute Gasteiger partial charge is 0.296 e. The normalized spacial score (nSPS) is 14.5. The molecule has 1 aliphatic heterocycles. The van der Waals surface area contributed by atoms with Crippen molar-refractivity contribution in [3.05, 3.63) is 36.4 Å². The van der Waals surface area contributed by atoms with Gasteiger partial charge in [0, 0.05) is 26.3 Å². The Kier molecular flexibility index (Phi) is 5.13. The molecule has 0 bridgehead atoms. The molecule has 1 saturated heterocycles. The number of anilines is 1. The fraction of sp³-hybridized carbons (Fsp3) is 0.350. The fourth-order valence-electron chi connectivity index (χ4n) is 3.64. The molecule has 1 aliphatic rings. The maximum Gasteiger partial charge on any atom is 0.296 e. The molecule has 0 spiro atoms. The Bertz CT molecular complexity index is 1270. The third-order valence-electron chi connectivity index (χ3n) is 5.16. The molecule has 166 valence electrons. The van der Waals surface area contributed by atoms with Gasteiger partial charge in [-0.25, -0.2) is 13.8 Å². The molecule has 1 fully saturated rings. The number of benzene rings is 1. The van der Waals surface area contributed by atoms with Crippen LogP contribution in [0.2, 0.25) is 0 Å². The zero-order chi connectivity index (χ0) is 22.2. The van der Waals surface area contributed by atoms with Crippen LogP contribution < -0.4 is 9.64 Å². The maximum atomic E-state index is 14.0. The Morgan fingerprint density at radius 3 is 2.53 bits per heavy atom. The van der Waals surface area contributed by atoms with E-state index in [2.05, 4.69) is 25.0 Å². The van der Waals surface area contributed by atoms with Crippen molar-refractivity contribution in [2.75, 3.05) is 38.3 Å². The average Bonchev–Trinajstić information content (AvgIpc) is 3.43. The molecule has 0 aliphatic carbocycles. The minimum Gasteiger partial charge on any atom is -0.494 e. The van der Waals surface area contributed by atoms with E-state index in [1.807, 2.05) is 4.90 Å². The fourth-order valence-corrected chi connectivity index (χ4v) is 3.64. The van der Waals surface area contributed by atoms with Crippen molar-refractivity contribution >= 4 is 17.0 Å². The first kappa shape index (κ1) is 20.2. The largest absolute Gasteiger partial charge is 0.494 e. The highest BCUT2D eigenvalue weighted by Crippen LogP contribution is 2.32. The molecule has 0 radical (unpaired) electrons. The zero-order valence-corrected chi connectivity index (χ0v) is 17.4. The number of halogens is 2. The lowest BCUT2D eigenvalue weighted by Gasteiger charge is -2.27. The molecule has 4 aromatic rings. The zero-order valence-electron chi connectivity index (χ0n) is 17.4. The van der Waals surface area contributed by atoms with Gasteiger partial charge in [0.25, 0.3) is 6.43 Å². The summed E-state index contributed by atoms with van der Waals surface area (Å²) < 4.78 is 41.7. The van der Waals surface area contributed by atoms with Crippen LogP contribution >= 0.6 is 0 Å². The summed E-state index contributed by atoms with van der Waals surface area (Å²) in [5.41, 5.74) is 1.36. The van der Waals surface area contributed by atoms with E-state index in [-0.39, 0.29) is 5.95 Å². The number of imidazole rings is 1. The van der Waals surface area contributed by atoms with Gasteiger partial charge < -0.3 is 14.4 Å². The first-order valence-corrected chi connectivity index (χ1v) is 9.97. The quantitative estimate of drug-likeness (QED) is 0.465. The second-order valence-corrected chi connectivity index (χ2v) is 7.20. The van der Waals surface area contributed by atoms with Crippen molar-refractivity contribution < 1.29 is 18.3 Å². The lowest BCUT2D eigenvalue weighted by molar-refractivity contribution is 0.122. The maximum absolute atomic E-state index is 14.0. The summed E-state index contributed by atoms with van der Waals surface area (Å²) in [4.78, 5) is 19.7. The minimum absolute atomic E-state index is 0.0476. The van der Waals surface area contributed by atoms with Gasteiger partial charge in [-0.3, -0.25) is 9.25 Å². The summed E-state index contributed by atoms with van der Waals surface area (Å²) in [6.45, 7) is 2.21. The standard InChI is InChI=1S/C20H20F2N8O2/c1-28-11-12(10-23-28)17-25-19(29-6-8-32-9-7-29)27-20(26-17)30-13-4-3-5-14(31-2)15(13)24-18(30)16(21)22/h3-5,10-11,16H,6-9H2,1-2H3. The van der Waals surface area contributed by atoms with Crippen molar-refractivity contribution in [3.63, 3.8) is 0 Å². The number of hydrogen-bond acceptors (Lipinski definition) is 8. The van der Waals surface area contributed by atoms with Crippen LogP contribution in [0.5, 0.6) is 5.75 Å². The topological polar surface area (TPSA) is 96.0 Å². The Labute approximate surface area is 181 Å². The first-order chi connectivity index (χ1) is 15.5. The molecule has 10 nitrogen and oxygen atoms in total. The number of aryl methyl sites for hydroxylation is 1. The molecule has 0 N–H and O–H groups in total. The predicted molar refractivity (Wildman–Crippen MR) is 111 cm³/mol. The summed E-state index contributed by atoms with van der Waals surface area (Å²) in [6, 6.07) is 5.06. The summed E-state index contributed by atoms with van der Waals surface area (Å²) in [5, 5.41) is 4.17. The molecule has 5 rings (SSSR count). The lowest BCUT2D eigenvalue weighted by Crippen LogP contribution is -2.37. The summed E-state index contributed by atoms with van der Waals surface area (Å²) in [7, 11) is 3.24. The Hall–Kier alpha value is -3.67. The van der Waals surface area contributed by atoms with Gasteiger partial charge >= 0.3 is 0 Å². The number of fused-ring (bicyclic) bond motifs is 1. The highest BCUT2D eigenvalue weighted by atomic mass is 19.3. The summed E-state index contributed by atoms with van der Waals surface area (Å²) in [6.07, 6.45) is 0.522. The van der Waals surface area contributed by atoms with Crippen molar-refractivity contribution in [1.82, 2.24) is 34.3 Å². The highest BCUT2D eigenvalue weighted by molar-refractivity contribution is 5.84. The number of nitrogens with zero attached hydrogens (tertiary/aromatic N) is 8. The number of methoxy groups -OCH3 is 1. The number of hydrogen-bond donors (Lipinski definition) is 0. The van der Waals surface area contributed by atoms with Crippen LogP contribution in [-0.2, 0) is 11.8 Å². The van der Waals surface area contributed by atoms with E-state index in [0.717, 1.165) is 0 Å². The van der Waals surface area contributed by atoms with Gasteiger partial charge in [0.1, 0.15) is 11.3 Å². The van der Waals surface area contributed by atoms with Crippen LogP contribution in [0.3, 0.4) is 0 Å². The number of para-hydroxylation sites is 1. The second kappa shape index (κ2) is 8.11. The molecule has 0 saturated carbocycles. The Morgan fingerprint density at radius 2 is 1.84 bits per heavy atom. The summed E-state index contributed by atoms with van der Waals surface area (Å²) >= 11 is 0. The molecular formula is C20H20F2N8O2. The molecule has 32 heavy (non-hydrogen) atoms. The Balaban J connectivity index is 1.75. The van der Waals surface area contributed by atoms with Crippen molar-refractivity contribution in [2.45, 2.75) is 6.43 Å². The van der Waals surface area contributed by atoms with Crippen LogP contribution in [0.15, 0.2) is 30.6 Å². The van der Waals surface area contributed by atoms with Crippen molar-refractivity contribution in [2.24, 2.45) is 7.05 Å². The van der Waals surface area contributed by atoms with Gasteiger partial charge in [0.2, 0.25) is 11.9 Å². The van der Waals surface area contributed by atoms with Gasteiger partial charge in [-0.15, -0.1) is 0 Å². The number of rotatable bonds is 5. The summed E-state index contributed by atoms with van der Waals surface area (Å²) in [5.74, 6) is 0.668. The monoisotopic (exact) mass is 442 g/mol. The van der Waals surface area contributed by atoms with E-state index < -0.39 is 12.2 Å². The Morgan fingerprint density at radius 1 is 1.06 bits per heavy atom. The van der Waals surface area contributed by atoms with Crippen LogP contribution in [0.1, 0.15) is 12.2 Å². The molecule has 0 amide bonds. The second-order valence-electron chi connectivity index (χ2n) is 7.20. The van der Waals surface area contributed by atoms with Crippen molar-refractivity contribution in [3.8, 4) is 23.1 Å². The van der Waals surface area contributed by atoms with E-state index in [1.165, 1.54) is 11.7 Å². The van der Waals surface area contributed by atoms with Crippen LogP contribution in [0.4, 0.5) is 14.7 Å². The van der Waals surface area contributed by atoms with Gasteiger partial charge in [-0.1, -0.05) is 6.07 Å².